The van der Waals surface area contributed by atoms with Crippen LogP contribution in [0.25, 0.3) is 0 Å². The molecule has 0 bridgehead atoms. The molecule has 0 fully saturated rings. The van der Waals surface area contributed by atoms with E-state index in [9.17, 15) is 13.2 Å². The molecule has 2 aromatic rings. The summed E-state index contributed by atoms with van der Waals surface area (Å²) in [4.78, 5) is 11.4. The van der Waals surface area contributed by atoms with E-state index in [-0.39, 0.29) is 16.1 Å². The van der Waals surface area contributed by atoms with Gasteiger partial charge in [-0.15, -0.1) is 0 Å². The van der Waals surface area contributed by atoms with Gasteiger partial charge in [-0.1, -0.05) is 24.3 Å². The lowest BCUT2D eigenvalue weighted by Crippen LogP contribution is -2.18. The van der Waals surface area contributed by atoms with Gasteiger partial charge in [0.05, 0.1) is 11.3 Å². The average molecular weight is 355 g/mol. The Morgan fingerprint density at radius 2 is 1.65 bits per heavy atom. The maximum Gasteiger partial charge on any atom is 0.263 e. The smallest absolute Gasteiger partial charge is 0.263 e. The minimum absolute atomic E-state index is 0.0827. The number of sulfonamides is 1. The number of amides is 1. The van der Waals surface area contributed by atoms with Gasteiger partial charge in [0, 0.05) is 4.47 Å². The van der Waals surface area contributed by atoms with Gasteiger partial charge in [-0.2, -0.15) is 0 Å². The molecule has 0 saturated heterocycles. The average Bonchev–Trinajstić information content (AvgIpc) is 2.39. The van der Waals surface area contributed by atoms with Crippen LogP contribution >= 0.6 is 15.9 Å². The Morgan fingerprint density at radius 3 is 2.30 bits per heavy atom. The van der Waals surface area contributed by atoms with Crippen LogP contribution in [0.2, 0.25) is 0 Å². The number of hydrogen-bond donors (Lipinski definition) is 2. The number of para-hydroxylation sites is 1. The predicted octanol–water partition coefficient (Wildman–Crippen LogP) is 2.35. The number of benzene rings is 2. The third-order valence-electron chi connectivity index (χ3n) is 2.56. The molecule has 0 aliphatic heterocycles. The van der Waals surface area contributed by atoms with E-state index in [1.807, 2.05) is 0 Å². The highest BCUT2D eigenvalue weighted by Crippen LogP contribution is 2.25. The van der Waals surface area contributed by atoms with Crippen LogP contribution in [0.1, 0.15) is 10.4 Å². The molecular formula is C13H11BrN2O3S. The van der Waals surface area contributed by atoms with Gasteiger partial charge in [0.2, 0.25) is 0 Å². The van der Waals surface area contributed by atoms with Crippen molar-refractivity contribution in [1.29, 1.82) is 0 Å². The van der Waals surface area contributed by atoms with E-state index >= 15 is 0 Å². The van der Waals surface area contributed by atoms with Crippen molar-refractivity contribution in [2.75, 3.05) is 4.72 Å². The summed E-state index contributed by atoms with van der Waals surface area (Å²) in [5, 5.41) is 0. The number of anilines is 1. The van der Waals surface area contributed by atoms with Crippen molar-refractivity contribution >= 4 is 37.5 Å². The Labute approximate surface area is 125 Å². The van der Waals surface area contributed by atoms with Crippen LogP contribution in [0.4, 0.5) is 5.69 Å². The highest BCUT2D eigenvalue weighted by molar-refractivity contribution is 9.10. The molecular weight excluding hydrogens is 344 g/mol. The fraction of sp³-hybridized carbons (Fsp3) is 0. The van der Waals surface area contributed by atoms with Gasteiger partial charge in [0.15, 0.2) is 0 Å². The van der Waals surface area contributed by atoms with Gasteiger partial charge in [0.1, 0.15) is 4.90 Å². The van der Waals surface area contributed by atoms with Crippen LogP contribution in [0.5, 0.6) is 0 Å². The summed E-state index contributed by atoms with van der Waals surface area (Å²) < 4.78 is 27.4. The molecule has 3 N–H and O–H groups in total. The molecule has 0 heterocycles. The van der Waals surface area contributed by atoms with Gasteiger partial charge < -0.3 is 5.73 Å². The molecule has 0 aliphatic rings. The van der Waals surface area contributed by atoms with Gasteiger partial charge in [0.25, 0.3) is 15.9 Å². The molecule has 0 aromatic heterocycles. The van der Waals surface area contributed by atoms with Crippen molar-refractivity contribution in [2.24, 2.45) is 5.73 Å². The van der Waals surface area contributed by atoms with Crippen LogP contribution in [-0.4, -0.2) is 14.3 Å². The summed E-state index contributed by atoms with van der Waals surface area (Å²) in [6, 6.07) is 12.6. The first-order valence-electron chi connectivity index (χ1n) is 5.58. The molecule has 0 saturated carbocycles. The number of nitrogens with two attached hydrogens (primary N) is 1. The maximum absolute atomic E-state index is 12.3. The van der Waals surface area contributed by atoms with Crippen LogP contribution in [0, 0.1) is 0 Å². The fourth-order valence-electron chi connectivity index (χ4n) is 1.65. The minimum atomic E-state index is -3.80. The van der Waals surface area contributed by atoms with Crippen LogP contribution in [-0.2, 0) is 10.0 Å². The highest BCUT2D eigenvalue weighted by atomic mass is 79.9. The van der Waals surface area contributed by atoms with Gasteiger partial charge in [-0.3, -0.25) is 9.52 Å². The van der Waals surface area contributed by atoms with E-state index < -0.39 is 15.9 Å². The summed E-state index contributed by atoms with van der Waals surface area (Å²) in [6.07, 6.45) is 0. The Hall–Kier alpha value is -1.86. The normalized spacial score (nSPS) is 11.1. The highest BCUT2D eigenvalue weighted by Gasteiger charge is 2.19. The first kappa shape index (κ1) is 14.5. The van der Waals surface area contributed by atoms with Crippen molar-refractivity contribution in [2.45, 2.75) is 4.90 Å². The van der Waals surface area contributed by atoms with E-state index in [0.29, 0.717) is 4.47 Å². The summed E-state index contributed by atoms with van der Waals surface area (Å²) in [6.45, 7) is 0. The van der Waals surface area contributed by atoms with E-state index in [4.69, 9.17) is 5.73 Å². The predicted molar refractivity (Wildman–Crippen MR) is 79.9 cm³/mol. The zero-order valence-corrected chi connectivity index (χ0v) is 12.6. The summed E-state index contributed by atoms with van der Waals surface area (Å²) in [7, 11) is -3.80. The van der Waals surface area contributed by atoms with Crippen molar-refractivity contribution in [1.82, 2.24) is 0 Å². The van der Waals surface area contributed by atoms with Gasteiger partial charge >= 0.3 is 0 Å². The van der Waals surface area contributed by atoms with Crippen LogP contribution in [0.3, 0.4) is 0 Å². The van der Waals surface area contributed by atoms with Crippen molar-refractivity contribution in [3.63, 3.8) is 0 Å². The quantitative estimate of drug-likeness (QED) is 0.882. The molecule has 0 radical (unpaired) electrons. The second-order valence-electron chi connectivity index (χ2n) is 3.95. The summed E-state index contributed by atoms with van der Waals surface area (Å²) in [5.41, 5.74) is 5.48. The number of hydrogen-bond acceptors (Lipinski definition) is 3. The van der Waals surface area contributed by atoms with E-state index in [2.05, 4.69) is 20.7 Å². The number of nitrogens with one attached hydrogen (secondary N) is 1. The summed E-state index contributed by atoms with van der Waals surface area (Å²) in [5.74, 6) is -0.699. The van der Waals surface area contributed by atoms with Gasteiger partial charge in [-0.05, 0) is 40.2 Å². The number of carbonyl (C=O) groups is 1. The topological polar surface area (TPSA) is 89.3 Å². The Bertz CT molecular complexity index is 760. The number of halogens is 1. The first-order valence-corrected chi connectivity index (χ1v) is 7.85. The maximum atomic E-state index is 12.3. The lowest BCUT2D eigenvalue weighted by atomic mass is 10.2. The van der Waals surface area contributed by atoms with Gasteiger partial charge in [-0.25, -0.2) is 8.42 Å². The van der Waals surface area contributed by atoms with Crippen molar-refractivity contribution < 1.29 is 13.2 Å². The third kappa shape index (κ3) is 3.00. The number of carbonyl (C=O) groups excluding carboxylic acids is 1. The number of primary amides is 1. The SMILES string of the molecule is NC(=O)c1ccccc1NS(=O)(=O)c1ccccc1Br. The molecule has 0 aliphatic carbocycles. The monoisotopic (exact) mass is 354 g/mol. The Kier molecular flexibility index (Phi) is 4.10. The number of rotatable bonds is 4. The van der Waals surface area contributed by atoms with Crippen molar-refractivity contribution in [3.05, 3.63) is 58.6 Å². The standard InChI is InChI=1S/C13H11BrN2O3S/c14-10-6-2-4-8-12(10)20(18,19)16-11-7-3-1-5-9(11)13(15)17/h1-8,16H,(H2,15,17). The Balaban J connectivity index is 2.45. The van der Waals surface area contributed by atoms with Crippen LogP contribution in [0.15, 0.2) is 57.9 Å². The van der Waals surface area contributed by atoms with E-state index in [1.165, 1.54) is 18.2 Å². The zero-order chi connectivity index (χ0) is 14.8. The van der Waals surface area contributed by atoms with E-state index in [0.717, 1.165) is 0 Å². The molecule has 7 heteroatoms. The largest absolute Gasteiger partial charge is 0.366 e. The molecule has 1 amide bonds. The fourth-order valence-corrected chi connectivity index (χ4v) is 3.73. The second kappa shape index (κ2) is 5.64. The molecule has 0 atom stereocenters. The Morgan fingerprint density at radius 1 is 1.05 bits per heavy atom. The zero-order valence-electron chi connectivity index (χ0n) is 10.2. The lowest BCUT2D eigenvalue weighted by Gasteiger charge is -2.11. The molecule has 20 heavy (non-hydrogen) atoms. The van der Waals surface area contributed by atoms with E-state index in [1.54, 1.807) is 30.3 Å². The lowest BCUT2D eigenvalue weighted by molar-refractivity contribution is 0.100. The summed E-state index contributed by atoms with van der Waals surface area (Å²) >= 11 is 3.18. The second-order valence-corrected chi connectivity index (χ2v) is 6.45. The minimum Gasteiger partial charge on any atom is -0.366 e. The first-order chi connectivity index (χ1) is 9.42. The van der Waals surface area contributed by atoms with Crippen molar-refractivity contribution in [3.8, 4) is 0 Å². The molecule has 104 valence electrons. The molecule has 2 rings (SSSR count). The molecule has 0 spiro atoms. The molecule has 2 aromatic carbocycles. The third-order valence-corrected chi connectivity index (χ3v) is 4.94. The molecule has 5 nitrogen and oxygen atoms in total. The molecule has 0 unspecified atom stereocenters. The van der Waals surface area contributed by atoms with Crippen LogP contribution < -0.4 is 10.5 Å².